The molecule has 2 aromatic carbocycles. The summed E-state index contributed by atoms with van der Waals surface area (Å²) in [5.74, 6) is -0.690. The van der Waals surface area contributed by atoms with E-state index in [2.05, 4.69) is 0 Å². The molecule has 0 saturated carbocycles. The van der Waals surface area contributed by atoms with E-state index in [9.17, 15) is 19.5 Å². The van der Waals surface area contributed by atoms with Gasteiger partial charge < -0.3 is 9.90 Å². The lowest BCUT2D eigenvalue weighted by atomic mass is 10.2. The summed E-state index contributed by atoms with van der Waals surface area (Å²) < 4.78 is 0. The van der Waals surface area contributed by atoms with Crippen LogP contribution in [-0.2, 0) is 0 Å². The van der Waals surface area contributed by atoms with Crippen LogP contribution in [0, 0.1) is 6.92 Å². The topological polar surface area (TPSA) is 89.5 Å². The van der Waals surface area contributed by atoms with Crippen LogP contribution < -0.4 is 15.3 Å². The minimum atomic E-state index is -1.72. The average Bonchev–Trinajstić information content (AvgIpc) is 2.48. The van der Waals surface area contributed by atoms with Crippen molar-refractivity contribution in [2.45, 2.75) is 6.92 Å². The summed E-state index contributed by atoms with van der Waals surface area (Å²) in [6, 6.07) is 13.2. The standard InChI is InChI=1S/C16H14N2O4/c1-11-6-5-9-13(10-11)18(16(21)22)15(20)17-14(19)12-7-3-2-4-8-12/h2-10H,1H3,(H,21,22)(H,17,19,20)/p-1. The van der Waals surface area contributed by atoms with Gasteiger partial charge in [-0.25, -0.2) is 9.69 Å². The fourth-order valence-corrected chi connectivity index (χ4v) is 1.89. The number of hydrogen-bond donors (Lipinski definition) is 1. The highest BCUT2D eigenvalue weighted by atomic mass is 16.4. The van der Waals surface area contributed by atoms with Crippen LogP contribution in [0.15, 0.2) is 54.6 Å². The second-order valence-electron chi connectivity index (χ2n) is 4.57. The maximum atomic E-state index is 12.1. The van der Waals surface area contributed by atoms with E-state index in [1.807, 2.05) is 5.32 Å². The van der Waals surface area contributed by atoms with Crippen molar-refractivity contribution in [3.63, 3.8) is 0 Å². The minimum Gasteiger partial charge on any atom is -0.529 e. The third-order valence-electron chi connectivity index (χ3n) is 2.90. The van der Waals surface area contributed by atoms with E-state index in [0.29, 0.717) is 4.90 Å². The van der Waals surface area contributed by atoms with Gasteiger partial charge in [0.1, 0.15) is 6.09 Å². The summed E-state index contributed by atoms with van der Waals surface area (Å²) in [5, 5.41) is 13.2. The van der Waals surface area contributed by atoms with Gasteiger partial charge in [-0.3, -0.25) is 10.1 Å². The molecule has 0 fully saturated rings. The van der Waals surface area contributed by atoms with Gasteiger partial charge in [0.25, 0.3) is 5.91 Å². The lowest BCUT2D eigenvalue weighted by molar-refractivity contribution is -0.245. The SMILES string of the molecule is Cc1cccc(N(C(=O)[O-])C(=O)NC(=O)c2ccccc2)c1. The highest BCUT2D eigenvalue weighted by Gasteiger charge is 2.20. The average molecular weight is 297 g/mol. The number of carbonyl (C=O) groups excluding carboxylic acids is 3. The van der Waals surface area contributed by atoms with Gasteiger partial charge in [0.05, 0.1) is 5.69 Å². The molecule has 0 radical (unpaired) electrons. The molecule has 4 amide bonds. The van der Waals surface area contributed by atoms with Gasteiger partial charge in [-0.1, -0.05) is 30.3 Å². The number of anilines is 1. The summed E-state index contributed by atoms with van der Waals surface area (Å²) in [5.41, 5.74) is 1.13. The Balaban J connectivity index is 2.21. The van der Waals surface area contributed by atoms with Crippen molar-refractivity contribution in [2.75, 3.05) is 4.90 Å². The molecular weight excluding hydrogens is 284 g/mol. The summed E-state index contributed by atoms with van der Waals surface area (Å²) in [6.07, 6.45) is -1.72. The number of carboxylic acid groups (broad SMARTS) is 1. The molecule has 0 unspecified atom stereocenters. The van der Waals surface area contributed by atoms with Gasteiger partial charge in [0.2, 0.25) is 0 Å². The van der Waals surface area contributed by atoms with E-state index < -0.39 is 18.0 Å². The molecule has 112 valence electrons. The number of aryl methyl sites for hydroxylation is 1. The summed E-state index contributed by atoms with van der Waals surface area (Å²) in [4.78, 5) is 35.6. The normalized spacial score (nSPS) is 9.86. The number of carbonyl (C=O) groups is 3. The van der Waals surface area contributed by atoms with Gasteiger partial charge >= 0.3 is 6.03 Å². The van der Waals surface area contributed by atoms with Crippen molar-refractivity contribution >= 4 is 23.7 Å². The van der Waals surface area contributed by atoms with E-state index in [0.717, 1.165) is 5.56 Å². The molecule has 0 heterocycles. The van der Waals surface area contributed by atoms with Gasteiger partial charge in [0.15, 0.2) is 0 Å². The van der Waals surface area contributed by atoms with Gasteiger partial charge in [-0.05, 0) is 36.8 Å². The first-order valence-electron chi connectivity index (χ1n) is 6.47. The number of rotatable bonds is 2. The van der Waals surface area contributed by atoms with Crippen molar-refractivity contribution in [1.82, 2.24) is 5.32 Å². The molecule has 0 aliphatic rings. The third kappa shape index (κ3) is 3.49. The molecule has 0 bridgehead atoms. The molecule has 2 aromatic rings. The fraction of sp³-hybridized carbons (Fsp3) is 0.0625. The van der Waals surface area contributed by atoms with E-state index in [-0.39, 0.29) is 11.3 Å². The number of amides is 4. The zero-order valence-corrected chi connectivity index (χ0v) is 11.8. The molecule has 0 aliphatic carbocycles. The van der Waals surface area contributed by atoms with Crippen molar-refractivity contribution in [2.24, 2.45) is 0 Å². The smallest absolute Gasteiger partial charge is 0.334 e. The first-order chi connectivity index (χ1) is 10.5. The highest BCUT2D eigenvalue weighted by Crippen LogP contribution is 2.16. The van der Waals surface area contributed by atoms with Crippen LogP contribution in [0.3, 0.4) is 0 Å². The fourth-order valence-electron chi connectivity index (χ4n) is 1.89. The molecule has 0 aromatic heterocycles. The predicted molar refractivity (Wildman–Crippen MR) is 78.4 cm³/mol. The van der Waals surface area contributed by atoms with Crippen LogP contribution in [0.2, 0.25) is 0 Å². The Morgan fingerprint density at radius 3 is 2.27 bits per heavy atom. The summed E-state index contributed by atoms with van der Waals surface area (Å²) >= 11 is 0. The first-order valence-corrected chi connectivity index (χ1v) is 6.47. The first kappa shape index (κ1) is 15.2. The maximum Gasteiger partial charge on any atom is 0.334 e. The van der Waals surface area contributed by atoms with Crippen LogP contribution >= 0.6 is 0 Å². The second kappa shape index (κ2) is 6.53. The van der Waals surface area contributed by atoms with Crippen molar-refractivity contribution < 1.29 is 19.5 Å². The zero-order valence-electron chi connectivity index (χ0n) is 11.8. The Morgan fingerprint density at radius 1 is 1.00 bits per heavy atom. The van der Waals surface area contributed by atoms with Gasteiger partial charge in [0, 0.05) is 5.56 Å². The summed E-state index contributed by atoms with van der Waals surface area (Å²) in [7, 11) is 0. The highest BCUT2D eigenvalue weighted by molar-refractivity contribution is 6.16. The Bertz CT molecular complexity index is 713. The summed E-state index contributed by atoms with van der Waals surface area (Å²) in [6.45, 7) is 1.75. The van der Waals surface area contributed by atoms with Gasteiger partial charge in [-0.2, -0.15) is 0 Å². The monoisotopic (exact) mass is 297 g/mol. The number of imide groups is 2. The third-order valence-corrected chi connectivity index (χ3v) is 2.90. The molecular formula is C16H13N2O4-. The largest absolute Gasteiger partial charge is 0.529 e. The van der Waals surface area contributed by atoms with Crippen LogP contribution in [-0.4, -0.2) is 18.0 Å². The number of nitrogens with zero attached hydrogens (tertiary/aromatic N) is 1. The molecule has 0 atom stereocenters. The molecule has 0 spiro atoms. The van der Waals surface area contributed by atoms with Gasteiger partial charge in [-0.15, -0.1) is 0 Å². The van der Waals surface area contributed by atoms with E-state index in [1.54, 1.807) is 37.3 Å². The zero-order chi connectivity index (χ0) is 16.1. The number of hydrogen-bond acceptors (Lipinski definition) is 4. The molecule has 0 saturated heterocycles. The Morgan fingerprint density at radius 2 is 1.68 bits per heavy atom. The second-order valence-corrected chi connectivity index (χ2v) is 4.57. The number of nitrogens with one attached hydrogen (secondary N) is 1. The molecule has 1 N–H and O–H groups in total. The molecule has 22 heavy (non-hydrogen) atoms. The predicted octanol–water partition coefficient (Wildman–Crippen LogP) is 1.69. The Labute approximate surface area is 127 Å². The molecule has 2 rings (SSSR count). The van der Waals surface area contributed by atoms with E-state index >= 15 is 0 Å². The number of urea groups is 1. The molecule has 6 nitrogen and oxygen atoms in total. The molecule has 6 heteroatoms. The number of benzene rings is 2. The lowest BCUT2D eigenvalue weighted by Crippen LogP contribution is -2.51. The molecule has 0 aliphatic heterocycles. The van der Waals surface area contributed by atoms with E-state index in [1.165, 1.54) is 24.3 Å². The van der Waals surface area contributed by atoms with E-state index in [4.69, 9.17) is 0 Å². The Kier molecular flexibility index (Phi) is 4.53. The van der Waals surface area contributed by atoms with Crippen molar-refractivity contribution in [3.05, 3.63) is 65.7 Å². The minimum absolute atomic E-state index is 0.110. The van der Waals surface area contributed by atoms with Crippen LogP contribution in [0.1, 0.15) is 15.9 Å². The maximum absolute atomic E-state index is 12.1. The van der Waals surface area contributed by atoms with Crippen LogP contribution in [0.4, 0.5) is 15.3 Å². The lowest BCUT2D eigenvalue weighted by Gasteiger charge is -2.23. The quantitative estimate of drug-likeness (QED) is 0.913. The van der Waals surface area contributed by atoms with Crippen molar-refractivity contribution in [3.8, 4) is 0 Å². The van der Waals surface area contributed by atoms with Crippen LogP contribution in [0.5, 0.6) is 0 Å². The van der Waals surface area contributed by atoms with Crippen LogP contribution in [0.25, 0.3) is 0 Å². The Hall–Kier alpha value is -3.15. The van der Waals surface area contributed by atoms with Crippen molar-refractivity contribution in [1.29, 1.82) is 0 Å².